The summed E-state index contributed by atoms with van der Waals surface area (Å²) >= 11 is 0. The highest BCUT2D eigenvalue weighted by Crippen LogP contribution is 2.43. The number of β-amino-alcohol motifs (C(OH)–C–C–N with tert-alkyl or cyclic N) is 1. The van der Waals surface area contributed by atoms with Crippen LogP contribution in [0.25, 0.3) is 0 Å². The van der Waals surface area contributed by atoms with Crippen LogP contribution in [0.2, 0.25) is 0 Å². The molecule has 43 nitrogen and oxygen atoms in total. The fraction of sp³-hybridized carbons (Fsp3) is 0.864. The average molecular weight is 1820 g/mol. The van der Waals surface area contributed by atoms with Crippen molar-refractivity contribution < 1.29 is 160 Å². The first-order valence-electron chi connectivity index (χ1n) is 43.9. The van der Waals surface area contributed by atoms with Gasteiger partial charge in [0, 0.05) is 163 Å². The van der Waals surface area contributed by atoms with Crippen LogP contribution in [-0.4, -0.2) is 370 Å². The zero-order valence-corrected chi connectivity index (χ0v) is 74.2. The summed E-state index contributed by atoms with van der Waals surface area (Å²) in [6.07, 6.45) is -5.86. The van der Waals surface area contributed by atoms with E-state index in [-0.39, 0.29) is 210 Å². The molecule has 0 aromatic rings. The quantitative estimate of drug-likeness (QED) is 0.0210. The van der Waals surface area contributed by atoms with Crippen molar-refractivity contribution in [3.8, 4) is 0 Å². The van der Waals surface area contributed by atoms with Crippen molar-refractivity contribution in [3.05, 3.63) is 0 Å². The Balaban J connectivity index is 1.31. The number of ether oxygens (including phenoxy) is 9. The van der Waals surface area contributed by atoms with Crippen LogP contribution in [0.3, 0.4) is 0 Å². The van der Waals surface area contributed by atoms with Crippen LogP contribution in [0.1, 0.15) is 194 Å². The molecule has 0 aromatic carbocycles. The van der Waals surface area contributed by atoms with Crippen LogP contribution in [0.5, 0.6) is 0 Å². The highest BCUT2D eigenvalue weighted by molar-refractivity contribution is 7.52. The Morgan fingerprint density at radius 3 is 1.02 bits per heavy atom. The fourth-order valence-corrected chi connectivity index (χ4v) is 14.9. The van der Waals surface area contributed by atoms with E-state index in [0.717, 1.165) is 38.5 Å². The lowest BCUT2D eigenvalue weighted by Gasteiger charge is -2.42. The van der Waals surface area contributed by atoms with Crippen molar-refractivity contribution in [3.63, 3.8) is 0 Å². The van der Waals surface area contributed by atoms with Gasteiger partial charge in [-0.15, -0.1) is 0 Å². The van der Waals surface area contributed by atoms with Gasteiger partial charge in [0.05, 0.1) is 78.2 Å². The Morgan fingerprint density at radius 1 is 0.400 bits per heavy atom. The third-order valence-corrected chi connectivity index (χ3v) is 22.6. The number of Topliss-reactive ketones (excluding diaryl/α,β-unsaturated/α-hetero) is 1. The number of aliphatic hydroxyl groups is 10. The van der Waals surface area contributed by atoms with Gasteiger partial charge in [0.15, 0.2) is 18.9 Å². The summed E-state index contributed by atoms with van der Waals surface area (Å²) in [5.74, 6) is -3.60. The number of nitrogens with one attached hydrogen (secondary N) is 9. The van der Waals surface area contributed by atoms with E-state index >= 15 is 0 Å². The van der Waals surface area contributed by atoms with Crippen LogP contribution >= 0.6 is 7.60 Å². The lowest BCUT2D eigenvalue weighted by Crippen LogP contribution is -2.64. The third kappa shape index (κ3) is 45.2. The van der Waals surface area contributed by atoms with Crippen molar-refractivity contribution >= 4 is 72.5 Å². The first-order chi connectivity index (χ1) is 59.8. The number of amides is 10. The van der Waals surface area contributed by atoms with Crippen molar-refractivity contribution in [2.45, 2.75) is 298 Å². The number of hydrogen-bond donors (Lipinski definition) is 19. The van der Waals surface area contributed by atoms with Gasteiger partial charge in [0.25, 0.3) is 0 Å². The molecule has 44 heteroatoms. The lowest BCUT2D eigenvalue weighted by molar-refractivity contribution is -0.270. The highest BCUT2D eigenvalue weighted by atomic mass is 31.2. The minimum atomic E-state index is -3.27. The molecular weight excluding hydrogens is 1670 g/mol. The van der Waals surface area contributed by atoms with Gasteiger partial charge < -0.3 is 155 Å². The third-order valence-electron chi connectivity index (χ3n) is 21.3. The SMILES string of the molecule is COP(C)(=O)OC[C@@H]1C[C@@H](O)CN1C(=O)CCCCCCCCCCC(=O)CC(COCCC(=O)NCCCNC(=O)CCCCOC1OC(CO)C(O)C(O)C1NC(C)=O)(COCCC(=O)NCCCNC(=O)CCCCOC1OC(CO)C(O)C(O)C1NC(C)=O)COCCC(=O)NCCCNC(=O)CCCCOC1OC(CO)C(O)C(O)C1NC(C)=O. The van der Waals surface area contributed by atoms with Gasteiger partial charge in [-0.1, -0.05) is 38.5 Å². The first kappa shape index (κ1) is 111. The number of aliphatic hydroxyl groups excluding tert-OH is 10. The maximum Gasteiger partial charge on any atom is 0.327 e. The summed E-state index contributed by atoms with van der Waals surface area (Å²) in [5.41, 5.74) is -1.20. The minimum absolute atomic E-state index is 0.00911. The normalized spacial score (nSPS) is 25.3. The van der Waals surface area contributed by atoms with Crippen LogP contribution in [0, 0.1) is 5.41 Å². The largest absolute Gasteiger partial charge is 0.394 e. The second-order valence-electron chi connectivity index (χ2n) is 32.2. The lowest BCUT2D eigenvalue weighted by atomic mass is 9.84. The van der Waals surface area contributed by atoms with E-state index in [1.165, 1.54) is 34.5 Å². The molecule has 4 aliphatic heterocycles. The van der Waals surface area contributed by atoms with Crippen LogP contribution < -0.4 is 47.9 Å². The number of rotatable bonds is 68. The second-order valence-corrected chi connectivity index (χ2v) is 34.4. The molecule has 0 aromatic heterocycles. The number of carbonyl (C=O) groups is 11. The molecule has 125 heavy (non-hydrogen) atoms. The molecule has 0 spiro atoms. The molecular formula is C81H145N10O33P. The van der Waals surface area contributed by atoms with E-state index < -0.39 is 155 Å². The molecule has 4 fully saturated rings. The van der Waals surface area contributed by atoms with Gasteiger partial charge in [0.1, 0.15) is 78.8 Å². The summed E-state index contributed by atoms with van der Waals surface area (Å²) in [7, 11) is -1.99. The van der Waals surface area contributed by atoms with E-state index in [1.54, 1.807) is 4.90 Å². The molecule has 19 N–H and O–H groups in total. The molecule has 4 aliphatic rings. The molecule has 0 bridgehead atoms. The zero-order valence-electron chi connectivity index (χ0n) is 73.3. The molecule has 4 heterocycles. The number of ketones is 1. The van der Waals surface area contributed by atoms with E-state index in [2.05, 4.69) is 47.9 Å². The predicted molar refractivity (Wildman–Crippen MR) is 445 cm³/mol. The van der Waals surface area contributed by atoms with Crippen molar-refractivity contribution in [1.29, 1.82) is 0 Å². The van der Waals surface area contributed by atoms with Crippen LogP contribution in [-0.2, 0) is 109 Å². The summed E-state index contributed by atoms with van der Waals surface area (Å²) < 4.78 is 75.1. The maximum absolute atomic E-state index is 14.2. The molecule has 16 unspecified atom stereocenters. The van der Waals surface area contributed by atoms with E-state index in [1.807, 2.05) is 0 Å². The van der Waals surface area contributed by atoms with Gasteiger partial charge in [-0.05, 0) is 77.0 Å². The Morgan fingerprint density at radius 2 is 0.704 bits per heavy atom. The molecule has 0 aliphatic carbocycles. The van der Waals surface area contributed by atoms with Gasteiger partial charge in [-0.25, -0.2) is 0 Å². The summed E-state index contributed by atoms with van der Waals surface area (Å²) in [6, 6.07) is -3.72. The van der Waals surface area contributed by atoms with Gasteiger partial charge in [-0.3, -0.25) is 57.3 Å². The summed E-state index contributed by atoms with van der Waals surface area (Å²) in [5, 5.41) is 126. The summed E-state index contributed by atoms with van der Waals surface area (Å²) in [6.45, 7) is 4.16. The minimum Gasteiger partial charge on any atom is -0.394 e. The Bertz CT molecular complexity index is 2970. The van der Waals surface area contributed by atoms with Crippen LogP contribution in [0.4, 0.5) is 0 Å². The Kier molecular flexibility index (Phi) is 55.9. The van der Waals surface area contributed by atoms with Crippen molar-refractivity contribution in [2.75, 3.05) is 145 Å². The van der Waals surface area contributed by atoms with Crippen molar-refractivity contribution in [2.24, 2.45) is 5.41 Å². The first-order valence-corrected chi connectivity index (χ1v) is 45.9. The molecule has 18 atom stereocenters. The van der Waals surface area contributed by atoms with E-state index in [4.69, 9.17) is 51.7 Å². The van der Waals surface area contributed by atoms with Gasteiger partial charge in [-0.2, -0.15) is 0 Å². The van der Waals surface area contributed by atoms with E-state index in [9.17, 15) is 108 Å². The predicted octanol–water partition coefficient (Wildman–Crippen LogP) is -3.24. The van der Waals surface area contributed by atoms with Crippen LogP contribution in [0.15, 0.2) is 0 Å². The summed E-state index contributed by atoms with van der Waals surface area (Å²) in [4.78, 5) is 142. The Hall–Kier alpha value is -6.24. The molecule has 0 saturated carbocycles. The molecule has 722 valence electrons. The maximum atomic E-state index is 14.2. The molecule has 4 rings (SSSR count). The number of unbranched alkanes of at least 4 members (excludes halogenated alkanes) is 10. The fourth-order valence-electron chi connectivity index (χ4n) is 14.3. The molecule has 10 amide bonds. The standard InChI is InChI=1S/C81H145N10O33P/c1-53(95)88-69-75(110)72(107)59(46-92)122-78(69)118-37-17-14-24-62(100)82-31-20-34-85-65(103)28-40-115-50-81(44-57(98)23-12-10-8-6-7-9-11-13-27-68(106)91-45-58(99)43-56(91)49-121-125(5,113)114-4,51-116-41-29-66(104)86-35-21-32-83-63(101)25-15-18-38-119-79-70(89-54(2)96)76(111)73(108)60(47-93)123-79)52-117-42-30-67(105)87-36-22-33-84-64(102)26-16-19-39-120-80-71(90-55(3)97)77(112)74(109)61(48-94)124-80/h56,58-61,69-80,92-94,99,107-112H,6-52H2,1-5H3,(H,82,100)(H,83,101)(H,84,102)(H,85,103)(H,86,104)(H,87,105)(H,88,95)(H,89,96)(H,90,97)/t56-,58+,59?,60?,61?,69?,70?,71?,72?,73?,74?,75?,76?,77?,78?,79?,80?,81?,125?/m0/s1. The topological polar surface area (TPSA) is 620 Å². The highest BCUT2D eigenvalue weighted by Gasteiger charge is 2.48. The van der Waals surface area contributed by atoms with Gasteiger partial charge in [0.2, 0.25) is 59.1 Å². The molecule has 4 saturated heterocycles. The Labute approximate surface area is 731 Å². The van der Waals surface area contributed by atoms with Crippen molar-refractivity contribution in [1.82, 2.24) is 52.8 Å². The number of nitrogens with zero attached hydrogens (tertiary/aromatic N) is 1. The smallest absolute Gasteiger partial charge is 0.327 e. The average Bonchev–Trinajstić information content (AvgIpc) is 1.57. The molecule has 0 radical (unpaired) electrons. The van der Waals surface area contributed by atoms with Gasteiger partial charge >= 0.3 is 7.60 Å². The monoisotopic (exact) mass is 1820 g/mol. The zero-order chi connectivity index (χ0) is 92.1. The number of hydrogen-bond acceptors (Lipinski definition) is 33. The number of likely N-dealkylation sites (tertiary alicyclic amines) is 1. The number of carbonyl (C=O) groups excluding carboxylic acids is 11. The van der Waals surface area contributed by atoms with E-state index in [0.29, 0.717) is 83.5 Å². The second kappa shape index (κ2) is 62.9.